The molecule has 2 amide bonds. The first-order valence-corrected chi connectivity index (χ1v) is 24.2. The highest BCUT2D eigenvalue weighted by Crippen LogP contribution is 2.43. The molecule has 0 unspecified atom stereocenters. The molecule has 64 heavy (non-hydrogen) atoms. The van der Waals surface area contributed by atoms with E-state index >= 15 is 0 Å². The number of carbonyl (C=O) groups is 2. The summed E-state index contributed by atoms with van der Waals surface area (Å²) in [5.41, 5.74) is 1.39. The van der Waals surface area contributed by atoms with Gasteiger partial charge in [-0.25, -0.2) is 17.6 Å². The number of benzene rings is 2. The second kappa shape index (κ2) is 23.5. The van der Waals surface area contributed by atoms with Crippen molar-refractivity contribution in [2.24, 2.45) is 0 Å². The molecule has 2 aliphatic carbocycles. The number of halogens is 4. The molecule has 6 N–H and O–H groups in total. The molecule has 0 spiro atoms. The number of hydrogen-bond donors (Lipinski definition) is 6. The summed E-state index contributed by atoms with van der Waals surface area (Å²) in [7, 11) is 0. The third-order valence-electron chi connectivity index (χ3n) is 12.3. The van der Waals surface area contributed by atoms with E-state index in [9.17, 15) is 37.4 Å². The van der Waals surface area contributed by atoms with Crippen LogP contribution in [0.4, 0.5) is 17.6 Å². The van der Waals surface area contributed by atoms with Crippen LogP contribution in [0.3, 0.4) is 0 Å². The molecule has 2 saturated carbocycles. The Balaban J connectivity index is 0.000000241. The van der Waals surface area contributed by atoms with Gasteiger partial charge in [-0.2, -0.15) is 0 Å². The lowest BCUT2D eigenvalue weighted by atomic mass is 9.80. The zero-order valence-corrected chi connectivity index (χ0v) is 39.4. The summed E-state index contributed by atoms with van der Waals surface area (Å²) in [6, 6.07) is 13.8. The molecule has 0 radical (unpaired) electrons. The van der Waals surface area contributed by atoms with Gasteiger partial charge in [0.1, 0.15) is 23.3 Å². The first-order valence-electron chi connectivity index (χ1n) is 22.5. The van der Waals surface area contributed by atoms with E-state index in [1.165, 1.54) is 65.6 Å². The van der Waals surface area contributed by atoms with Crippen LogP contribution in [0.5, 0.6) is 0 Å². The Morgan fingerprint density at radius 3 is 1.36 bits per heavy atom. The van der Waals surface area contributed by atoms with Crippen molar-refractivity contribution in [2.45, 2.75) is 153 Å². The molecule has 2 aromatic carbocycles. The molecule has 350 valence electrons. The fourth-order valence-corrected chi connectivity index (χ4v) is 11.4. The topological polar surface area (TPSA) is 123 Å². The van der Waals surface area contributed by atoms with Gasteiger partial charge in [-0.3, -0.25) is 9.59 Å². The van der Waals surface area contributed by atoms with E-state index in [1.54, 1.807) is 11.3 Å². The van der Waals surface area contributed by atoms with Crippen LogP contribution in [0.1, 0.15) is 135 Å². The second-order valence-corrected chi connectivity index (χ2v) is 20.3. The maximum Gasteiger partial charge on any atom is 0.217 e. The van der Waals surface area contributed by atoms with Crippen molar-refractivity contribution in [2.75, 3.05) is 13.1 Å². The number of aliphatic hydroxyl groups excluding tert-OH is 2. The molecule has 2 aromatic heterocycles. The van der Waals surface area contributed by atoms with Gasteiger partial charge in [0.25, 0.3) is 0 Å². The van der Waals surface area contributed by atoms with Crippen molar-refractivity contribution in [3.05, 3.63) is 121 Å². The normalized spacial score (nSPS) is 17.7. The number of carbonyl (C=O) groups excluding carboxylic acids is 2. The number of hydrogen-bond acceptors (Lipinski definition) is 8. The third kappa shape index (κ3) is 14.5. The molecular formula is C50H66F4N4O4S2. The molecule has 2 heterocycles. The lowest BCUT2D eigenvalue weighted by Crippen LogP contribution is -2.52. The highest BCUT2D eigenvalue weighted by molar-refractivity contribution is 7.13. The summed E-state index contributed by atoms with van der Waals surface area (Å²) >= 11 is 3.55. The Labute approximate surface area is 384 Å². The van der Waals surface area contributed by atoms with Crippen molar-refractivity contribution in [1.29, 1.82) is 0 Å². The van der Waals surface area contributed by atoms with E-state index in [-0.39, 0.29) is 48.8 Å². The van der Waals surface area contributed by atoms with Crippen molar-refractivity contribution >= 4 is 40.1 Å². The molecule has 4 atom stereocenters. The van der Waals surface area contributed by atoms with E-state index in [4.69, 9.17) is 0 Å². The smallest absolute Gasteiger partial charge is 0.217 e. The first kappa shape index (κ1) is 51.1. The van der Waals surface area contributed by atoms with Gasteiger partial charge in [-0.05, 0) is 117 Å². The van der Waals surface area contributed by atoms with Crippen LogP contribution in [0, 0.1) is 23.3 Å². The van der Waals surface area contributed by atoms with Gasteiger partial charge in [-0.15, -0.1) is 22.7 Å². The Hall–Kier alpha value is -3.92. The number of nitrogens with one attached hydrogen (secondary N) is 4. The van der Waals surface area contributed by atoms with Crippen LogP contribution in [0.15, 0.2) is 67.2 Å². The highest BCUT2D eigenvalue weighted by Gasteiger charge is 2.38. The molecule has 0 bridgehead atoms. The maximum absolute atomic E-state index is 13.6. The molecule has 2 aliphatic rings. The summed E-state index contributed by atoms with van der Waals surface area (Å²) in [4.78, 5) is 28.5. The van der Waals surface area contributed by atoms with Gasteiger partial charge in [0, 0.05) is 58.6 Å². The Kier molecular flexibility index (Phi) is 18.8. The number of amides is 2. The fraction of sp³-hybridized carbons (Fsp3) is 0.520. The molecule has 8 nitrogen and oxygen atoms in total. The van der Waals surface area contributed by atoms with E-state index in [1.807, 2.05) is 18.3 Å². The summed E-state index contributed by atoms with van der Waals surface area (Å²) in [5.74, 6) is -2.83. The summed E-state index contributed by atoms with van der Waals surface area (Å²) in [5, 5.41) is 34.7. The van der Waals surface area contributed by atoms with Gasteiger partial charge in [0.15, 0.2) is 0 Å². The van der Waals surface area contributed by atoms with Crippen molar-refractivity contribution in [3.63, 3.8) is 0 Å². The molecular weight excluding hydrogens is 861 g/mol. The maximum atomic E-state index is 13.6. The van der Waals surface area contributed by atoms with Crippen LogP contribution in [0.2, 0.25) is 0 Å². The largest absolute Gasteiger partial charge is 0.390 e. The number of rotatable bonds is 18. The summed E-state index contributed by atoms with van der Waals surface area (Å²) in [6.07, 6.45) is 9.19. The van der Waals surface area contributed by atoms with E-state index in [0.717, 1.165) is 73.9 Å². The Morgan fingerprint density at radius 1 is 0.625 bits per heavy atom. The Bertz CT molecular complexity index is 2120. The highest BCUT2D eigenvalue weighted by atomic mass is 32.1. The van der Waals surface area contributed by atoms with Gasteiger partial charge >= 0.3 is 0 Å². The third-order valence-corrected chi connectivity index (χ3v) is 15.4. The van der Waals surface area contributed by atoms with E-state index < -0.39 is 47.6 Å². The van der Waals surface area contributed by atoms with Crippen LogP contribution in [-0.2, 0) is 33.5 Å². The van der Waals surface area contributed by atoms with Gasteiger partial charge in [0.05, 0.1) is 35.4 Å². The predicted octanol–water partition coefficient (Wildman–Crippen LogP) is 9.92. The second-order valence-electron chi connectivity index (χ2n) is 18.1. The minimum Gasteiger partial charge on any atom is -0.390 e. The average Bonchev–Trinajstić information content (AvgIpc) is 3.94. The quantitative estimate of drug-likeness (QED) is 0.0553. The molecule has 0 saturated heterocycles. The predicted molar refractivity (Wildman–Crippen MR) is 250 cm³/mol. The molecule has 6 rings (SSSR count). The Morgan fingerprint density at radius 2 is 1.02 bits per heavy atom. The SMILES string of the molecule is C=C(C)c1ccc(C2(NC[C@@H](O)[C@H](Cc3cc(F)cc(F)c3)NC(C)=O)CCCCC2)s1.CC(=O)N[C@@H](Cc1cc(F)cc(F)c1)[C@H](O)CNC1(c2ccc(C(C)C)s2)CCCCC1. The summed E-state index contributed by atoms with van der Waals surface area (Å²) in [6.45, 7) is 13.7. The minimum atomic E-state index is -0.926. The van der Waals surface area contributed by atoms with Crippen molar-refractivity contribution in [1.82, 2.24) is 21.3 Å². The summed E-state index contributed by atoms with van der Waals surface area (Å²) < 4.78 is 54.5. The van der Waals surface area contributed by atoms with E-state index in [0.29, 0.717) is 17.0 Å². The molecule has 14 heteroatoms. The van der Waals surface area contributed by atoms with Crippen LogP contribution in [0.25, 0.3) is 5.57 Å². The van der Waals surface area contributed by atoms with Crippen molar-refractivity contribution in [3.8, 4) is 0 Å². The van der Waals surface area contributed by atoms with Crippen LogP contribution >= 0.6 is 22.7 Å². The van der Waals surface area contributed by atoms with Crippen LogP contribution < -0.4 is 21.3 Å². The van der Waals surface area contributed by atoms with Crippen molar-refractivity contribution < 1.29 is 37.4 Å². The molecule has 4 aromatic rings. The van der Waals surface area contributed by atoms with Gasteiger partial charge in [-0.1, -0.05) is 59.0 Å². The van der Waals surface area contributed by atoms with Gasteiger partial charge < -0.3 is 31.5 Å². The molecule has 2 fully saturated rings. The zero-order valence-electron chi connectivity index (χ0n) is 37.8. The minimum absolute atomic E-state index is 0.128. The number of aliphatic hydroxyl groups is 2. The molecule has 0 aliphatic heterocycles. The monoisotopic (exact) mass is 926 g/mol. The fourth-order valence-electron chi connectivity index (χ4n) is 9.01. The standard InChI is InChI=1S/C25H34F2N2O2S.C25H32F2N2O2S/c2*1-16(2)23-7-8-24(32-23)25(9-5-4-6-10-25)28-15-22(31)21(29-17(3)30)13-18-11-19(26)14-20(27)12-18/h7-8,11-12,14,16,21-22,28,31H,4-6,9-10,13,15H2,1-3H3,(H,29,30);7-8,11-12,14,21-22,28,31H,1,4-6,9-10,13,15H2,2-3H3,(H,29,30)/t2*21-,22+/m00/s1. The average molecular weight is 927 g/mol. The first-order chi connectivity index (χ1) is 30.4. The number of allylic oxidation sites excluding steroid dienone is 1. The lowest BCUT2D eigenvalue weighted by molar-refractivity contribution is -0.121. The number of thiophene rings is 2. The lowest BCUT2D eigenvalue weighted by Gasteiger charge is -2.39. The van der Waals surface area contributed by atoms with E-state index in [2.05, 4.69) is 66.0 Å². The van der Waals surface area contributed by atoms with Crippen LogP contribution in [-0.4, -0.2) is 59.4 Å². The zero-order chi connectivity index (χ0) is 46.6. The van der Waals surface area contributed by atoms with Gasteiger partial charge in [0.2, 0.25) is 11.8 Å².